The molecule has 0 atom stereocenters. The molecule has 0 aliphatic rings. The van der Waals surface area contributed by atoms with Gasteiger partial charge in [0, 0.05) is 25.1 Å². The van der Waals surface area contributed by atoms with Crippen LogP contribution in [-0.4, -0.2) is 43.5 Å². The molecule has 0 saturated heterocycles. The summed E-state index contributed by atoms with van der Waals surface area (Å²) in [4.78, 5) is 8.11. The zero-order chi connectivity index (χ0) is 12.7. The molecule has 7 heteroatoms. The maximum Gasteiger partial charge on any atom is 0.225 e. The summed E-state index contributed by atoms with van der Waals surface area (Å²) in [5.41, 5.74) is 0. The summed E-state index contributed by atoms with van der Waals surface area (Å²) in [6.07, 6.45) is 3.34. The van der Waals surface area contributed by atoms with Crippen LogP contribution in [0.1, 0.15) is 13.3 Å². The van der Waals surface area contributed by atoms with Crippen molar-refractivity contribution in [3.8, 4) is 5.88 Å². The van der Waals surface area contributed by atoms with Gasteiger partial charge in [0.15, 0.2) is 0 Å². The van der Waals surface area contributed by atoms with Crippen molar-refractivity contribution in [2.24, 2.45) is 0 Å². The molecule has 0 bridgehead atoms. The molecule has 0 saturated carbocycles. The van der Waals surface area contributed by atoms with Crippen molar-refractivity contribution in [1.82, 2.24) is 9.97 Å². The van der Waals surface area contributed by atoms with Gasteiger partial charge in [-0.2, -0.15) is 4.98 Å². The van der Waals surface area contributed by atoms with Crippen LogP contribution < -0.4 is 10.1 Å². The topological polar surface area (TPSA) is 81.2 Å². The van der Waals surface area contributed by atoms with Crippen molar-refractivity contribution in [2.45, 2.75) is 13.3 Å². The van der Waals surface area contributed by atoms with Crippen molar-refractivity contribution in [3.63, 3.8) is 0 Å². The number of nitrogens with zero attached hydrogens (tertiary/aromatic N) is 2. The van der Waals surface area contributed by atoms with E-state index >= 15 is 0 Å². The van der Waals surface area contributed by atoms with Gasteiger partial charge in [0.05, 0.1) is 12.4 Å². The smallest absolute Gasteiger partial charge is 0.225 e. The first-order valence-electron chi connectivity index (χ1n) is 5.38. The van der Waals surface area contributed by atoms with E-state index in [0.717, 1.165) is 0 Å². The second-order valence-electron chi connectivity index (χ2n) is 3.56. The quantitative estimate of drug-likeness (QED) is 0.727. The molecule has 0 unspecified atom stereocenters. The van der Waals surface area contributed by atoms with Gasteiger partial charge in [-0.25, -0.2) is 13.4 Å². The Labute approximate surface area is 101 Å². The Bertz CT molecular complexity index is 448. The lowest BCUT2D eigenvalue weighted by molar-refractivity contribution is 0.326. The highest BCUT2D eigenvalue weighted by molar-refractivity contribution is 7.90. The standard InChI is InChI=1S/C10H17N3O3S/c1-3-16-9-5-7-12-10(13-9)11-6-4-8-17(2,14)15/h5,7H,3-4,6,8H2,1-2H3,(H,11,12,13). The Morgan fingerprint density at radius 2 is 2.24 bits per heavy atom. The van der Waals surface area contributed by atoms with Crippen molar-refractivity contribution in [1.29, 1.82) is 0 Å². The van der Waals surface area contributed by atoms with E-state index in [1.54, 1.807) is 12.3 Å². The summed E-state index contributed by atoms with van der Waals surface area (Å²) in [7, 11) is -2.90. The summed E-state index contributed by atoms with van der Waals surface area (Å²) >= 11 is 0. The van der Waals surface area contributed by atoms with Crippen LogP contribution in [0.3, 0.4) is 0 Å². The fourth-order valence-electron chi connectivity index (χ4n) is 1.19. The van der Waals surface area contributed by atoms with Gasteiger partial charge < -0.3 is 10.1 Å². The highest BCUT2D eigenvalue weighted by Crippen LogP contribution is 2.07. The fourth-order valence-corrected chi connectivity index (χ4v) is 1.86. The van der Waals surface area contributed by atoms with Gasteiger partial charge in [-0.3, -0.25) is 0 Å². The predicted octanol–water partition coefficient (Wildman–Crippen LogP) is 0.722. The van der Waals surface area contributed by atoms with Gasteiger partial charge in [0.1, 0.15) is 9.84 Å². The average Bonchev–Trinajstić information content (AvgIpc) is 2.24. The van der Waals surface area contributed by atoms with E-state index in [4.69, 9.17) is 4.74 Å². The Balaban J connectivity index is 2.38. The molecule has 0 aliphatic heterocycles. The van der Waals surface area contributed by atoms with Crippen molar-refractivity contribution >= 4 is 15.8 Å². The molecule has 0 radical (unpaired) electrons. The Morgan fingerprint density at radius 1 is 1.47 bits per heavy atom. The van der Waals surface area contributed by atoms with Gasteiger partial charge in [0.25, 0.3) is 0 Å². The van der Waals surface area contributed by atoms with Crippen LogP contribution >= 0.6 is 0 Å². The average molecular weight is 259 g/mol. The molecule has 96 valence electrons. The summed E-state index contributed by atoms with van der Waals surface area (Å²) in [6, 6.07) is 1.67. The van der Waals surface area contributed by atoms with E-state index in [9.17, 15) is 8.42 Å². The lowest BCUT2D eigenvalue weighted by Gasteiger charge is -2.06. The van der Waals surface area contributed by atoms with Gasteiger partial charge in [-0.1, -0.05) is 0 Å². The SMILES string of the molecule is CCOc1ccnc(NCCCS(C)(=O)=O)n1. The fraction of sp³-hybridized carbons (Fsp3) is 0.600. The van der Waals surface area contributed by atoms with Gasteiger partial charge in [0.2, 0.25) is 11.8 Å². The lowest BCUT2D eigenvalue weighted by atomic mass is 10.5. The maximum atomic E-state index is 10.9. The molecule has 0 amide bonds. The van der Waals surface area contributed by atoms with E-state index in [1.165, 1.54) is 6.26 Å². The first kappa shape index (κ1) is 13.7. The molecule has 0 aliphatic carbocycles. The van der Waals surface area contributed by atoms with Crippen molar-refractivity contribution in [3.05, 3.63) is 12.3 Å². The molecule has 0 spiro atoms. The first-order valence-corrected chi connectivity index (χ1v) is 7.45. The molecule has 0 fully saturated rings. The highest BCUT2D eigenvalue weighted by atomic mass is 32.2. The molecule has 1 aromatic heterocycles. The third-order valence-electron chi connectivity index (χ3n) is 1.90. The largest absolute Gasteiger partial charge is 0.478 e. The normalized spacial score (nSPS) is 11.2. The minimum absolute atomic E-state index is 0.158. The number of ether oxygens (including phenoxy) is 1. The summed E-state index contributed by atoms with van der Waals surface area (Å²) < 4.78 is 27.0. The number of hydrogen-bond acceptors (Lipinski definition) is 6. The summed E-state index contributed by atoms with van der Waals surface area (Å²) in [5, 5.41) is 2.95. The predicted molar refractivity (Wildman–Crippen MR) is 66.0 cm³/mol. The van der Waals surface area contributed by atoms with Crippen molar-refractivity contribution in [2.75, 3.05) is 30.5 Å². The molecule has 1 aromatic rings. The molecule has 1 N–H and O–H groups in total. The minimum Gasteiger partial charge on any atom is -0.478 e. The van der Waals surface area contributed by atoms with Crippen LogP contribution in [0.2, 0.25) is 0 Å². The van der Waals surface area contributed by atoms with Gasteiger partial charge >= 0.3 is 0 Å². The monoisotopic (exact) mass is 259 g/mol. The number of hydrogen-bond donors (Lipinski definition) is 1. The lowest BCUT2D eigenvalue weighted by Crippen LogP contribution is -2.11. The highest BCUT2D eigenvalue weighted by Gasteiger charge is 2.02. The van der Waals surface area contributed by atoms with E-state index in [0.29, 0.717) is 31.4 Å². The Hall–Kier alpha value is -1.37. The van der Waals surface area contributed by atoms with Gasteiger partial charge in [-0.15, -0.1) is 0 Å². The number of sulfone groups is 1. The molecule has 17 heavy (non-hydrogen) atoms. The van der Waals surface area contributed by atoms with E-state index in [-0.39, 0.29) is 5.75 Å². The second kappa shape index (κ2) is 6.39. The van der Waals surface area contributed by atoms with Crippen LogP contribution in [0.25, 0.3) is 0 Å². The zero-order valence-corrected chi connectivity index (χ0v) is 10.8. The number of aromatic nitrogens is 2. The molecule has 1 heterocycles. The van der Waals surface area contributed by atoms with E-state index in [2.05, 4.69) is 15.3 Å². The van der Waals surface area contributed by atoms with Crippen LogP contribution in [-0.2, 0) is 9.84 Å². The van der Waals surface area contributed by atoms with Crippen LogP contribution in [0.4, 0.5) is 5.95 Å². The summed E-state index contributed by atoms with van der Waals surface area (Å²) in [5.74, 6) is 1.11. The summed E-state index contributed by atoms with van der Waals surface area (Å²) in [6.45, 7) is 2.94. The van der Waals surface area contributed by atoms with E-state index in [1.807, 2.05) is 6.92 Å². The number of anilines is 1. The number of rotatable bonds is 7. The molecule has 0 aromatic carbocycles. The van der Waals surface area contributed by atoms with Crippen LogP contribution in [0.5, 0.6) is 5.88 Å². The Kier molecular flexibility index (Phi) is 5.14. The van der Waals surface area contributed by atoms with Crippen LogP contribution in [0, 0.1) is 0 Å². The molecular weight excluding hydrogens is 242 g/mol. The third kappa shape index (κ3) is 6.06. The van der Waals surface area contributed by atoms with E-state index < -0.39 is 9.84 Å². The maximum absolute atomic E-state index is 10.9. The van der Waals surface area contributed by atoms with Gasteiger partial charge in [-0.05, 0) is 13.3 Å². The van der Waals surface area contributed by atoms with Crippen molar-refractivity contribution < 1.29 is 13.2 Å². The van der Waals surface area contributed by atoms with Crippen LogP contribution in [0.15, 0.2) is 12.3 Å². The second-order valence-corrected chi connectivity index (χ2v) is 5.82. The third-order valence-corrected chi connectivity index (χ3v) is 2.93. The first-order chi connectivity index (χ1) is 8.01. The molecule has 6 nitrogen and oxygen atoms in total. The minimum atomic E-state index is -2.90. The zero-order valence-electron chi connectivity index (χ0n) is 10.0. The molecular formula is C10H17N3O3S. The molecule has 1 rings (SSSR count). The number of nitrogens with one attached hydrogen (secondary N) is 1. The Morgan fingerprint density at radius 3 is 2.88 bits per heavy atom.